The lowest BCUT2D eigenvalue weighted by Crippen LogP contribution is -2.31. The van der Waals surface area contributed by atoms with Crippen molar-refractivity contribution in [2.75, 3.05) is 4.31 Å². The van der Waals surface area contributed by atoms with E-state index in [-0.39, 0.29) is 11.4 Å². The van der Waals surface area contributed by atoms with Gasteiger partial charge in [-0.2, -0.15) is 5.10 Å². The number of aryl methyl sites for hydroxylation is 1. The Kier molecular flexibility index (Phi) is 8.74. The van der Waals surface area contributed by atoms with Crippen molar-refractivity contribution in [1.29, 1.82) is 0 Å². The standard InChI is InChI=1S/C28H22Cl3N3O3S/c1-19-7-13-23(29)16-27(19)34(38(36,37)24-5-3-2-4-6-24)18-20-8-11-22(12-9-20)28(35)33-32-17-21-10-14-25(30)26(31)15-21/h2-17H,18H2,1H3,(H,33,35)/b32-17-. The zero-order valence-corrected chi connectivity index (χ0v) is 23.2. The van der Waals surface area contributed by atoms with Gasteiger partial charge in [-0.3, -0.25) is 9.10 Å². The lowest BCUT2D eigenvalue weighted by Gasteiger charge is -2.26. The molecule has 0 saturated heterocycles. The van der Waals surface area contributed by atoms with Gasteiger partial charge in [-0.25, -0.2) is 13.8 Å². The number of benzene rings is 4. The maximum Gasteiger partial charge on any atom is 0.271 e. The van der Waals surface area contributed by atoms with Crippen LogP contribution in [0.25, 0.3) is 0 Å². The Morgan fingerprint density at radius 3 is 2.29 bits per heavy atom. The first kappa shape index (κ1) is 27.7. The average molecular weight is 587 g/mol. The minimum absolute atomic E-state index is 0.0375. The van der Waals surface area contributed by atoms with Crippen LogP contribution in [-0.4, -0.2) is 20.5 Å². The molecule has 4 aromatic carbocycles. The highest BCUT2D eigenvalue weighted by molar-refractivity contribution is 7.92. The number of carbonyl (C=O) groups excluding carboxylic acids is 1. The number of amides is 1. The molecule has 0 spiro atoms. The van der Waals surface area contributed by atoms with Crippen molar-refractivity contribution in [3.63, 3.8) is 0 Å². The maximum atomic E-state index is 13.6. The molecule has 1 amide bonds. The van der Waals surface area contributed by atoms with E-state index in [4.69, 9.17) is 34.8 Å². The van der Waals surface area contributed by atoms with Gasteiger partial charge in [0.2, 0.25) is 0 Å². The first-order valence-electron chi connectivity index (χ1n) is 11.4. The van der Waals surface area contributed by atoms with Gasteiger partial charge in [0.15, 0.2) is 0 Å². The zero-order chi connectivity index (χ0) is 27.3. The summed E-state index contributed by atoms with van der Waals surface area (Å²) in [7, 11) is -3.90. The van der Waals surface area contributed by atoms with Gasteiger partial charge in [0.05, 0.1) is 33.4 Å². The summed E-state index contributed by atoms with van der Waals surface area (Å²) >= 11 is 18.1. The highest BCUT2D eigenvalue weighted by Crippen LogP contribution is 2.31. The molecule has 0 bridgehead atoms. The summed E-state index contributed by atoms with van der Waals surface area (Å²) in [6, 6.07) is 24.9. The molecule has 0 atom stereocenters. The molecule has 0 aliphatic heterocycles. The lowest BCUT2D eigenvalue weighted by molar-refractivity contribution is 0.0955. The molecule has 0 aliphatic carbocycles. The van der Waals surface area contributed by atoms with Crippen LogP contribution in [0.15, 0.2) is 101 Å². The van der Waals surface area contributed by atoms with Crippen molar-refractivity contribution in [1.82, 2.24) is 5.43 Å². The Morgan fingerprint density at radius 1 is 0.895 bits per heavy atom. The van der Waals surface area contributed by atoms with E-state index < -0.39 is 15.9 Å². The van der Waals surface area contributed by atoms with Crippen LogP contribution < -0.4 is 9.73 Å². The predicted molar refractivity (Wildman–Crippen MR) is 154 cm³/mol. The van der Waals surface area contributed by atoms with Crippen molar-refractivity contribution >= 4 is 62.6 Å². The number of rotatable bonds is 8. The first-order valence-corrected chi connectivity index (χ1v) is 13.9. The highest BCUT2D eigenvalue weighted by Gasteiger charge is 2.26. The smallest absolute Gasteiger partial charge is 0.267 e. The van der Waals surface area contributed by atoms with Crippen molar-refractivity contribution in [3.8, 4) is 0 Å². The summed E-state index contributed by atoms with van der Waals surface area (Å²) in [5.74, 6) is -0.424. The zero-order valence-electron chi connectivity index (χ0n) is 20.1. The van der Waals surface area contributed by atoms with Gasteiger partial charge in [0.25, 0.3) is 15.9 Å². The van der Waals surface area contributed by atoms with Gasteiger partial charge in [-0.15, -0.1) is 0 Å². The number of carbonyl (C=O) groups is 1. The number of nitrogens with one attached hydrogen (secondary N) is 1. The summed E-state index contributed by atoms with van der Waals surface area (Å²) in [5.41, 5.74) is 5.40. The normalized spacial score (nSPS) is 11.5. The van der Waals surface area contributed by atoms with E-state index in [0.29, 0.717) is 37.4 Å². The average Bonchev–Trinajstić information content (AvgIpc) is 2.91. The van der Waals surface area contributed by atoms with Crippen molar-refractivity contribution in [2.24, 2.45) is 5.10 Å². The number of hydrazone groups is 1. The Balaban J connectivity index is 1.55. The fraction of sp³-hybridized carbons (Fsp3) is 0.0714. The number of hydrogen-bond acceptors (Lipinski definition) is 4. The van der Waals surface area contributed by atoms with Crippen LogP contribution in [-0.2, 0) is 16.6 Å². The Labute approximate surface area is 236 Å². The molecule has 0 heterocycles. The fourth-order valence-electron chi connectivity index (χ4n) is 3.62. The number of halogens is 3. The molecular weight excluding hydrogens is 565 g/mol. The monoisotopic (exact) mass is 585 g/mol. The van der Waals surface area contributed by atoms with E-state index in [2.05, 4.69) is 10.5 Å². The van der Waals surface area contributed by atoms with Gasteiger partial charge >= 0.3 is 0 Å². The minimum Gasteiger partial charge on any atom is -0.267 e. The van der Waals surface area contributed by atoms with Crippen molar-refractivity contribution < 1.29 is 13.2 Å². The van der Waals surface area contributed by atoms with E-state index >= 15 is 0 Å². The molecule has 194 valence electrons. The van der Waals surface area contributed by atoms with Crippen LogP contribution >= 0.6 is 34.8 Å². The van der Waals surface area contributed by atoms with Crippen LogP contribution in [0.1, 0.15) is 27.0 Å². The van der Waals surface area contributed by atoms with E-state index in [1.165, 1.54) is 10.5 Å². The predicted octanol–water partition coefficient (Wildman–Crippen LogP) is 7.11. The molecule has 0 radical (unpaired) electrons. The molecule has 38 heavy (non-hydrogen) atoms. The molecule has 0 aromatic heterocycles. The number of nitrogens with zero attached hydrogens (tertiary/aromatic N) is 2. The topological polar surface area (TPSA) is 78.8 Å². The molecular formula is C28H22Cl3N3O3S. The number of anilines is 1. The molecule has 0 unspecified atom stereocenters. The van der Waals surface area contributed by atoms with Crippen LogP contribution in [0.3, 0.4) is 0 Å². The molecule has 10 heteroatoms. The first-order chi connectivity index (χ1) is 18.1. The molecule has 4 rings (SSSR count). The van der Waals surface area contributed by atoms with Crippen LogP contribution in [0.2, 0.25) is 15.1 Å². The Hall–Kier alpha value is -3.36. The summed E-state index contributed by atoms with van der Waals surface area (Å²) in [6.45, 7) is 1.86. The summed E-state index contributed by atoms with van der Waals surface area (Å²) in [5, 5.41) is 5.19. The molecule has 0 aliphatic rings. The number of sulfonamides is 1. The van der Waals surface area contributed by atoms with Gasteiger partial charge in [-0.1, -0.05) is 77.3 Å². The second kappa shape index (κ2) is 12.0. The van der Waals surface area contributed by atoms with Gasteiger partial charge in [0, 0.05) is 10.6 Å². The van der Waals surface area contributed by atoms with E-state index in [0.717, 1.165) is 5.56 Å². The summed E-state index contributed by atoms with van der Waals surface area (Å²) in [6.07, 6.45) is 1.45. The molecule has 0 saturated carbocycles. The Morgan fingerprint density at radius 2 is 1.61 bits per heavy atom. The third kappa shape index (κ3) is 6.55. The lowest BCUT2D eigenvalue weighted by atomic mass is 10.1. The third-order valence-electron chi connectivity index (χ3n) is 5.64. The van der Waals surface area contributed by atoms with E-state index in [1.807, 2.05) is 6.92 Å². The van der Waals surface area contributed by atoms with Crippen LogP contribution in [0.4, 0.5) is 5.69 Å². The quantitative estimate of drug-likeness (QED) is 0.176. The fourth-order valence-corrected chi connectivity index (χ4v) is 5.62. The molecule has 1 N–H and O–H groups in total. The number of hydrogen-bond donors (Lipinski definition) is 1. The largest absolute Gasteiger partial charge is 0.271 e. The Bertz CT molecular complexity index is 1590. The molecule has 4 aromatic rings. The summed E-state index contributed by atoms with van der Waals surface area (Å²) < 4.78 is 28.6. The minimum atomic E-state index is -3.90. The van der Waals surface area contributed by atoms with Gasteiger partial charge < -0.3 is 0 Å². The third-order valence-corrected chi connectivity index (χ3v) is 8.38. The maximum absolute atomic E-state index is 13.6. The molecule has 0 fully saturated rings. The highest BCUT2D eigenvalue weighted by atomic mass is 35.5. The van der Waals surface area contributed by atoms with Crippen molar-refractivity contribution in [3.05, 3.63) is 128 Å². The SMILES string of the molecule is Cc1ccc(Cl)cc1N(Cc1ccc(C(=O)N/N=C\c2ccc(Cl)c(Cl)c2)cc1)S(=O)(=O)c1ccccc1. The van der Waals surface area contributed by atoms with Gasteiger partial charge in [0.1, 0.15) is 0 Å². The van der Waals surface area contributed by atoms with Crippen LogP contribution in [0, 0.1) is 6.92 Å². The second-order valence-corrected chi connectivity index (χ2v) is 11.4. The van der Waals surface area contributed by atoms with Crippen molar-refractivity contribution in [2.45, 2.75) is 18.4 Å². The van der Waals surface area contributed by atoms with Crippen LogP contribution in [0.5, 0.6) is 0 Å². The molecule has 6 nitrogen and oxygen atoms in total. The van der Waals surface area contributed by atoms with Gasteiger partial charge in [-0.05, 0) is 72.1 Å². The van der Waals surface area contributed by atoms with E-state index in [1.54, 1.807) is 91.0 Å². The second-order valence-electron chi connectivity index (χ2n) is 8.33. The summed E-state index contributed by atoms with van der Waals surface area (Å²) in [4.78, 5) is 12.7. The van der Waals surface area contributed by atoms with E-state index in [9.17, 15) is 13.2 Å².